The summed E-state index contributed by atoms with van der Waals surface area (Å²) in [5.41, 5.74) is 2.04. The number of hydrogen-bond acceptors (Lipinski definition) is 5. The summed E-state index contributed by atoms with van der Waals surface area (Å²) in [5.74, 6) is 0.745. The number of fused-ring (bicyclic) bond motifs is 1. The fraction of sp³-hybridized carbons (Fsp3) is 0.125. The maximum atomic E-state index is 8.62. The van der Waals surface area contributed by atoms with Crippen molar-refractivity contribution in [2.24, 2.45) is 7.05 Å². The van der Waals surface area contributed by atoms with E-state index in [0.29, 0.717) is 21.8 Å². The van der Waals surface area contributed by atoms with Crippen LogP contribution in [-0.2, 0) is 7.05 Å². The molecule has 0 amide bonds. The van der Waals surface area contributed by atoms with Gasteiger partial charge in [-0.05, 0) is 47.9 Å². The average Bonchev–Trinajstić information content (AvgIpc) is 2.88. The van der Waals surface area contributed by atoms with Crippen LogP contribution in [0.5, 0.6) is 11.6 Å². The first-order valence-electron chi connectivity index (χ1n) is 6.89. The highest BCUT2D eigenvalue weighted by Gasteiger charge is 2.15. The zero-order valence-corrected chi connectivity index (χ0v) is 14.3. The van der Waals surface area contributed by atoms with E-state index < -0.39 is 0 Å². The van der Waals surface area contributed by atoms with Gasteiger partial charge in [0.1, 0.15) is 5.39 Å². The Balaban J connectivity index is 2.06. The molecular weight excluding hydrogens is 349 g/mol. The first-order chi connectivity index (χ1) is 11.5. The van der Waals surface area contributed by atoms with Crippen LogP contribution in [0, 0.1) is 18.3 Å². The molecule has 0 N–H and O–H groups in total. The lowest BCUT2D eigenvalue weighted by molar-refractivity contribution is 0.465. The molecule has 2 heterocycles. The molecule has 8 heteroatoms. The van der Waals surface area contributed by atoms with Crippen molar-refractivity contribution in [3.63, 3.8) is 0 Å². The van der Waals surface area contributed by atoms with Gasteiger partial charge in [0.15, 0.2) is 11.4 Å². The van der Waals surface area contributed by atoms with Crippen molar-refractivity contribution in [3.8, 4) is 17.7 Å². The van der Waals surface area contributed by atoms with Crippen LogP contribution < -0.4 is 4.74 Å². The van der Waals surface area contributed by atoms with E-state index in [2.05, 4.69) is 15.1 Å². The maximum Gasteiger partial charge on any atom is 0.234 e. The number of hydrogen-bond donors (Lipinski definition) is 0. The molecule has 24 heavy (non-hydrogen) atoms. The van der Waals surface area contributed by atoms with Crippen LogP contribution in [-0.4, -0.2) is 19.7 Å². The Hall–Kier alpha value is -2.62. The lowest BCUT2D eigenvalue weighted by Crippen LogP contribution is -1.95. The summed E-state index contributed by atoms with van der Waals surface area (Å²) in [6.07, 6.45) is 4.80. The Labute approximate surface area is 147 Å². The fourth-order valence-corrected chi connectivity index (χ4v) is 2.73. The van der Waals surface area contributed by atoms with E-state index in [9.17, 15) is 0 Å². The molecule has 0 saturated carbocycles. The summed E-state index contributed by atoms with van der Waals surface area (Å²) in [7, 11) is 1.77. The molecule has 2 aromatic heterocycles. The Morgan fingerprint density at radius 2 is 2.08 bits per heavy atom. The van der Waals surface area contributed by atoms with Gasteiger partial charge in [-0.25, -0.2) is 0 Å². The van der Waals surface area contributed by atoms with Crippen LogP contribution in [0.15, 0.2) is 24.4 Å². The third-order valence-electron chi connectivity index (χ3n) is 3.23. The quantitative estimate of drug-likeness (QED) is 0.514. The second-order valence-electron chi connectivity index (χ2n) is 5.05. The minimum atomic E-state index is 0.0403. The number of aryl methyl sites for hydroxylation is 2. The number of nitrogens with zero attached hydrogens (tertiary/aromatic N) is 5. The Morgan fingerprint density at radius 3 is 2.79 bits per heavy atom. The van der Waals surface area contributed by atoms with E-state index in [-0.39, 0.29) is 11.2 Å². The molecule has 3 rings (SSSR count). The van der Waals surface area contributed by atoms with Crippen LogP contribution in [0.4, 0.5) is 0 Å². The molecular formula is C16H11Cl2N5O. The predicted octanol–water partition coefficient (Wildman–Crippen LogP) is 4.31. The predicted molar refractivity (Wildman–Crippen MR) is 92.2 cm³/mol. The summed E-state index contributed by atoms with van der Waals surface area (Å²) in [5, 5.41) is 13.9. The van der Waals surface area contributed by atoms with Crippen molar-refractivity contribution in [1.82, 2.24) is 19.7 Å². The van der Waals surface area contributed by atoms with Gasteiger partial charge in [-0.15, -0.1) is 0 Å². The second kappa shape index (κ2) is 6.48. The van der Waals surface area contributed by atoms with Crippen molar-refractivity contribution in [3.05, 3.63) is 45.8 Å². The highest BCUT2D eigenvalue weighted by molar-refractivity contribution is 6.32. The number of ether oxygens (including phenoxy) is 1. The van der Waals surface area contributed by atoms with Gasteiger partial charge in [-0.2, -0.15) is 20.3 Å². The molecule has 0 bridgehead atoms. The number of benzene rings is 1. The number of aromatic nitrogens is 4. The van der Waals surface area contributed by atoms with Crippen LogP contribution in [0.1, 0.15) is 11.1 Å². The van der Waals surface area contributed by atoms with Gasteiger partial charge >= 0.3 is 0 Å². The molecule has 0 spiro atoms. The number of nitriles is 1. The molecule has 3 aromatic rings. The SMILES string of the molecule is Cc1cc(/C=C/C#N)cc(Cl)c1Oc1nc(Cl)nc2nn(C)cc12. The molecule has 0 fully saturated rings. The summed E-state index contributed by atoms with van der Waals surface area (Å²) < 4.78 is 7.50. The van der Waals surface area contributed by atoms with Gasteiger partial charge in [0.25, 0.3) is 0 Å². The monoisotopic (exact) mass is 359 g/mol. The van der Waals surface area contributed by atoms with Crippen molar-refractivity contribution < 1.29 is 4.74 Å². The van der Waals surface area contributed by atoms with Crippen LogP contribution in [0.25, 0.3) is 17.1 Å². The molecule has 6 nitrogen and oxygen atoms in total. The summed E-state index contributed by atoms with van der Waals surface area (Å²) in [6.45, 7) is 1.86. The highest BCUT2D eigenvalue weighted by Crippen LogP contribution is 2.36. The Kier molecular flexibility index (Phi) is 4.38. The average molecular weight is 360 g/mol. The molecule has 0 aliphatic heterocycles. The Morgan fingerprint density at radius 1 is 1.29 bits per heavy atom. The fourth-order valence-electron chi connectivity index (χ4n) is 2.26. The molecule has 0 atom stereocenters. The third-order valence-corrected chi connectivity index (χ3v) is 3.68. The molecule has 0 saturated heterocycles. The van der Waals surface area contributed by atoms with E-state index in [1.165, 1.54) is 6.08 Å². The summed E-state index contributed by atoms with van der Waals surface area (Å²) in [4.78, 5) is 8.19. The lowest BCUT2D eigenvalue weighted by Gasteiger charge is -2.11. The normalized spacial score (nSPS) is 11.1. The van der Waals surface area contributed by atoms with Crippen LogP contribution in [0.3, 0.4) is 0 Å². The van der Waals surface area contributed by atoms with E-state index in [1.807, 2.05) is 19.1 Å². The number of allylic oxidation sites excluding steroid dienone is 1. The minimum Gasteiger partial charge on any atom is -0.436 e. The van der Waals surface area contributed by atoms with Gasteiger partial charge in [0.05, 0.1) is 11.1 Å². The first kappa shape index (κ1) is 16.2. The molecule has 1 aromatic carbocycles. The van der Waals surface area contributed by atoms with Crippen molar-refractivity contribution in [1.29, 1.82) is 5.26 Å². The smallest absolute Gasteiger partial charge is 0.234 e. The largest absolute Gasteiger partial charge is 0.436 e. The second-order valence-corrected chi connectivity index (χ2v) is 5.80. The van der Waals surface area contributed by atoms with Crippen molar-refractivity contribution >= 4 is 40.3 Å². The first-order valence-corrected chi connectivity index (χ1v) is 7.64. The van der Waals surface area contributed by atoms with Gasteiger partial charge in [0.2, 0.25) is 11.2 Å². The van der Waals surface area contributed by atoms with Crippen LogP contribution in [0.2, 0.25) is 10.3 Å². The van der Waals surface area contributed by atoms with E-state index in [0.717, 1.165) is 11.1 Å². The topological polar surface area (TPSA) is 76.6 Å². The maximum absolute atomic E-state index is 8.62. The zero-order valence-electron chi connectivity index (χ0n) is 12.8. The lowest BCUT2D eigenvalue weighted by atomic mass is 10.1. The summed E-state index contributed by atoms with van der Waals surface area (Å²) >= 11 is 12.3. The van der Waals surface area contributed by atoms with Crippen molar-refractivity contribution in [2.45, 2.75) is 6.92 Å². The standard InChI is InChI=1S/C16H11Cl2N5O/c1-9-6-10(4-3-5-19)7-12(17)13(9)24-15-11-8-23(2)22-14(11)20-16(18)21-15/h3-4,6-8H,1-2H3/b4-3+. The molecule has 0 aliphatic carbocycles. The van der Waals surface area contributed by atoms with Gasteiger partial charge in [-0.3, -0.25) is 4.68 Å². The molecule has 0 aliphatic rings. The molecule has 0 unspecified atom stereocenters. The van der Waals surface area contributed by atoms with E-state index in [4.69, 9.17) is 33.2 Å². The molecule has 120 valence electrons. The molecule has 0 radical (unpaired) electrons. The van der Waals surface area contributed by atoms with E-state index >= 15 is 0 Å². The van der Waals surface area contributed by atoms with Crippen LogP contribution >= 0.6 is 23.2 Å². The zero-order chi connectivity index (χ0) is 17.3. The highest BCUT2D eigenvalue weighted by atomic mass is 35.5. The van der Waals surface area contributed by atoms with Gasteiger partial charge < -0.3 is 4.74 Å². The third kappa shape index (κ3) is 3.18. The summed E-state index contributed by atoms with van der Waals surface area (Å²) in [6, 6.07) is 5.51. The number of halogens is 2. The Bertz CT molecular complexity index is 981. The van der Waals surface area contributed by atoms with E-state index in [1.54, 1.807) is 30.1 Å². The number of rotatable bonds is 3. The minimum absolute atomic E-state index is 0.0403. The van der Waals surface area contributed by atoms with Gasteiger partial charge in [0, 0.05) is 19.3 Å². The van der Waals surface area contributed by atoms with Crippen molar-refractivity contribution in [2.75, 3.05) is 0 Å². The van der Waals surface area contributed by atoms with Gasteiger partial charge in [-0.1, -0.05) is 11.6 Å².